The summed E-state index contributed by atoms with van der Waals surface area (Å²) < 4.78 is 5.12. The zero-order valence-electron chi connectivity index (χ0n) is 4.76. The minimum atomic E-state index is -0.678. The van der Waals surface area contributed by atoms with Crippen LogP contribution in [-0.2, 0) is 4.74 Å². The second-order valence-electron chi connectivity index (χ2n) is 2.78. The second-order valence-corrected chi connectivity index (χ2v) is 2.78. The van der Waals surface area contributed by atoms with Crippen molar-refractivity contribution in [2.45, 2.75) is 37.6 Å². The van der Waals surface area contributed by atoms with Crippen LogP contribution >= 0.6 is 0 Å². The van der Waals surface area contributed by atoms with Crippen LogP contribution in [0.4, 0.5) is 0 Å². The third kappa shape index (κ3) is 0.501. The summed E-state index contributed by atoms with van der Waals surface area (Å²) in [5, 5.41) is 9.22. The summed E-state index contributed by atoms with van der Waals surface area (Å²) in [5.74, 6) is -0.678. The molecule has 2 heteroatoms. The molecule has 0 aromatic heterocycles. The maximum atomic E-state index is 9.22. The lowest BCUT2D eigenvalue weighted by atomic mass is 9.86. The monoisotopic (exact) mass is 114 g/mol. The van der Waals surface area contributed by atoms with E-state index in [-0.39, 0.29) is 0 Å². The average molecular weight is 114 g/mol. The zero-order chi connectivity index (χ0) is 5.61. The standard InChI is InChI=1S/C6H10O2/c7-6-3-1-2-5(4-6)8-6/h5,7H,1-4H2. The van der Waals surface area contributed by atoms with Gasteiger partial charge in [0, 0.05) is 12.8 Å². The molecule has 0 spiro atoms. The normalized spacial score (nSPS) is 52.9. The van der Waals surface area contributed by atoms with Crippen LogP contribution in [0.15, 0.2) is 0 Å². The molecule has 0 aromatic rings. The Morgan fingerprint density at radius 1 is 1.62 bits per heavy atom. The highest BCUT2D eigenvalue weighted by atomic mass is 16.7. The summed E-state index contributed by atoms with van der Waals surface area (Å²) in [5.41, 5.74) is 0. The van der Waals surface area contributed by atoms with E-state index in [2.05, 4.69) is 0 Å². The summed E-state index contributed by atoms with van der Waals surface area (Å²) >= 11 is 0. The number of hydrogen-bond acceptors (Lipinski definition) is 2. The molecule has 1 N–H and O–H groups in total. The molecule has 3 rings (SSSR count). The van der Waals surface area contributed by atoms with E-state index in [0.29, 0.717) is 6.10 Å². The Labute approximate surface area is 48.5 Å². The molecular formula is C6H10O2. The topological polar surface area (TPSA) is 29.5 Å². The SMILES string of the molecule is OC12CCCC(C1)O2. The number of fused-ring (bicyclic) bond motifs is 2. The molecule has 0 aromatic carbocycles. The van der Waals surface area contributed by atoms with Crippen LogP contribution in [0.2, 0.25) is 0 Å². The fourth-order valence-electron chi connectivity index (χ4n) is 1.58. The lowest BCUT2D eigenvalue weighted by Crippen LogP contribution is -2.53. The van der Waals surface area contributed by atoms with Gasteiger partial charge in [0.2, 0.25) is 0 Å². The second kappa shape index (κ2) is 1.25. The van der Waals surface area contributed by atoms with Gasteiger partial charge in [-0.2, -0.15) is 0 Å². The van der Waals surface area contributed by atoms with Gasteiger partial charge in [0.1, 0.15) is 0 Å². The van der Waals surface area contributed by atoms with Gasteiger partial charge in [-0.25, -0.2) is 0 Å². The first kappa shape index (κ1) is 4.77. The van der Waals surface area contributed by atoms with Crippen LogP contribution in [0.3, 0.4) is 0 Å². The molecule has 2 nitrogen and oxygen atoms in total. The van der Waals surface area contributed by atoms with Gasteiger partial charge >= 0.3 is 0 Å². The smallest absolute Gasteiger partial charge is 0.168 e. The highest BCUT2D eigenvalue weighted by Gasteiger charge is 2.46. The first-order valence-electron chi connectivity index (χ1n) is 3.19. The molecule has 2 aliphatic heterocycles. The summed E-state index contributed by atoms with van der Waals surface area (Å²) in [4.78, 5) is 0. The molecule has 46 valence electrons. The van der Waals surface area contributed by atoms with Crippen molar-refractivity contribution in [3.63, 3.8) is 0 Å². The molecule has 2 atom stereocenters. The van der Waals surface area contributed by atoms with Gasteiger partial charge in [0.25, 0.3) is 0 Å². The quantitative estimate of drug-likeness (QED) is 0.501. The Kier molecular flexibility index (Phi) is 0.746. The number of rotatable bonds is 0. The largest absolute Gasteiger partial charge is 0.365 e. The van der Waals surface area contributed by atoms with E-state index in [1.807, 2.05) is 0 Å². The predicted molar refractivity (Wildman–Crippen MR) is 28.3 cm³/mol. The molecule has 3 fully saturated rings. The minimum Gasteiger partial charge on any atom is -0.365 e. The van der Waals surface area contributed by atoms with E-state index in [9.17, 15) is 5.11 Å². The molecule has 2 heterocycles. The van der Waals surface area contributed by atoms with E-state index in [4.69, 9.17) is 4.74 Å². The first-order chi connectivity index (χ1) is 3.79. The molecule has 2 unspecified atom stereocenters. The van der Waals surface area contributed by atoms with Crippen LogP contribution in [0.1, 0.15) is 25.7 Å². The fourth-order valence-corrected chi connectivity index (χ4v) is 1.58. The Balaban J connectivity index is 2.06. The maximum absolute atomic E-state index is 9.22. The third-order valence-electron chi connectivity index (χ3n) is 2.03. The number of aliphatic hydroxyl groups is 1. The molecule has 0 radical (unpaired) electrons. The van der Waals surface area contributed by atoms with Crippen molar-refractivity contribution in [2.75, 3.05) is 0 Å². The van der Waals surface area contributed by atoms with Crippen molar-refractivity contribution in [2.24, 2.45) is 0 Å². The van der Waals surface area contributed by atoms with Crippen LogP contribution in [0.5, 0.6) is 0 Å². The lowest BCUT2D eigenvalue weighted by Gasteiger charge is -2.48. The maximum Gasteiger partial charge on any atom is 0.168 e. The Bertz CT molecular complexity index is 99.6. The highest BCUT2D eigenvalue weighted by Crippen LogP contribution is 2.41. The molecule has 2 saturated heterocycles. The van der Waals surface area contributed by atoms with Crippen molar-refractivity contribution >= 4 is 0 Å². The molecule has 8 heavy (non-hydrogen) atoms. The number of ether oxygens (including phenoxy) is 1. The first-order valence-corrected chi connectivity index (χ1v) is 3.19. The van der Waals surface area contributed by atoms with Crippen LogP contribution in [0.25, 0.3) is 0 Å². The molecular weight excluding hydrogens is 104 g/mol. The Morgan fingerprint density at radius 3 is 2.62 bits per heavy atom. The van der Waals surface area contributed by atoms with Crippen LogP contribution in [-0.4, -0.2) is 17.0 Å². The Morgan fingerprint density at radius 2 is 2.38 bits per heavy atom. The predicted octanol–water partition coefficient (Wildman–Crippen LogP) is 0.648. The van der Waals surface area contributed by atoms with Crippen LogP contribution < -0.4 is 0 Å². The fraction of sp³-hybridized carbons (Fsp3) is 1.00. The highest BCUT2D eigenvalue weighted by molar-refractivity contribution is 4.89. The lowest BCUT2D eigenvalue weighted by molar-refractivity contribution is -0.343. The van der Waals surface area contributed by atoms with E-state index in [1.165, 1.54) is 0 Å². The van der Waals surface area contributed by atoms with E-state index in [0.717, 1.165) is 25.7 Å². The van der Waals surface area contributed by atoms with Crippen molar-refractivity contribution < 1.29 is 9.84 Å². The number of hydrogen-bond donors (Lipinski definition) is 1. The Hall–Kier alpha value is -0.0800. The van der Waals surface area contributed by atoms with E-state index >= 15 is 0 Å². The van der Waals surface area contributed by atoms with E-state index in [1.54, 1.807) is 0 Å². The summed E-state index contributed by atoms with van der Waals surface area (Å²) in [7, 11) is 0. The zero-order valence-corrected chi connectivity index (χ0v) is 4.76. The molecule has 3 aliphatic rings. The molecule has 1 aliphatic carbocycles. The van der Waals surface area contributed by atoms with Crippen molar-refractivity contribution in [3.05, 3.63) is 0 Å². The summed E-state index contributed by atoms with van der Waals surface area (Å²) in [6.45, 7) is 0. The molecule has 0 amide bonds. The summed E-state index contributed by atoms with van der Waals surface area (Å²) in [6, 6.07) is 0. The van der Waals surface area contributed by atoms with Crippen LogP contribution in [0, 0.1) is 0 Å². The molecule has 2 bridgehead atoms. The van der Waals surface area contributed by atoms with Gasteiger partial charge in [0.05, 0.1) is 6.10 Å². The summed E-state index contributed by atoms with van der Waals surface area (Å²) in [6.07, 6.45) is 4.42. The average Bonchev–Trinajstić information content (AvgIpc) is 1.63. The van der Waals surface area contributed by atoms with Crippen molar-refractivity contribution in [1.29, 1.82) is 0 Å². The van der Waals surface area contributed by atoms with Gasteiger partial charge in [0.15, 0.2) is 5.79 Å². The van der Waals surface area contributed by atoms with Gasteiger partial charge in [-0.1, -0.05) is 0 Å². The van der Waals surface area contributed by atoms with Crippen molar-refractivity contribution in [3.8, 4) is 0 Å². The van der Waals surface area contributed by atoms with Gasteiger partial charge in [-0.3, -0.25) is 0 Å². The molecule has 1 saturated carbocycles. The van der Waals surface area contributed by atoms with Gasteiger partial charge < -0.3 is 9.84 Å². The minimum absolute atomic E-state index is 0.397. The van der Waals surface area contributed by atoms with E-state index < -0.39 is 5.79 Å². The van der Waals surface area contributed by atoms with Gasteiger partial charge in [-0.15, -0.1) is 0 Å². The van der Waals surface area contributed by atoms with Crippen molar-refractivity contribution in [1.82, 2.24) is 0 Å². The third-order valence-corrected chi connectivity index (χ3v) is 2.03. The van der Waals surface area contributed by atoms with Gasteiger partial charge in [-0.05, 0) is 12.8 Å².